The van der Waals surface area contributed by atoms with Crippen LogP contribution in [0.2, 0.25) is 0 Å². The van der Waals surface area contributed by atoms with E-state index < -0.39 is 0 Å². The third-order valence-corrected chi connectivity index (χ3v) is 7.53. The highest BCUT2D eigenvalue weighted by atomic mass is 14.3. The highest BCUT2D eigenvalue weighted by Crippen LogP contribution is 2.48. The van der Waals surface area contributed by atoms with Crippen molar-refractivity contribution in [2.75, 3.05) is 0 Å². The molecule has 1 aliphatic rings. The lowest BCUT2D eigenvalue weighted by atomic mass is 9.90. The fourth-order valence-corrected chi connectivity index (χ4v) is 5.73. The van der Waals surface area contributed by atoms with Gasteiger partial charge in [0.05, 0.1) is 0 Å². The molecule has 0 heteroatoms. The summed E-state index contributed by atoms with van der Waals surface area (Å²) < 4.78 is 0. The topological polar surface area (TPSA) is 0 Å². The van der Waals surface area contributed by atoms with E-state index in [4.69, 9.17) is 0 Å². The van der Waals surface area contributed by atoms with Crippen molar-refractivity contribution in [3.63, 3.8) is 0 Å². The zero-order chi connectivity index (χ0) is 24.6. The van der Waals surface area contributed by atoms with E-state index in [0.717, 1.165) is 6.42 Å². The van der Waals surface area contributed by atoms with E-state index in [1.807, 2.05) is 0 Å². The van der Waals surface area contributed by atoms with E-state index >= 15 is 0 Å². The predicted molar refractivity (Wildman–Crippen MR) is 156 cm³/mol. The van der Waals surface area contributed by atoms with Crippen LogP contribution in [0.3, 0.4) is 0 Å². The summed E-state index contributed by atoms with van der Waals surface area (Å²) in [7, 11) is 0. The van der Waals surface area contributed by atoms with E-state index in [1.54, 1.807) is 0 Å². The summed E-state index contributed by atoms with van der Waals surface area (Å²) in [5.74, 6) is 0. The van der Waals surface area contributed by atoms with Gasteiger partial charge in [0.1, 0.15) is 0 Å². The van der Waals surface area contributed by atoms with Gasteiger partial charge in [0.2, 0.25) is 0 Å². The van der Waals surface area contributed by atoms with Crippen LogP contribution in [0.1, 0.15) is 11.1 Å². The molecule has 0 nitrogen and oxygen atoms in total. The summed E-state index contributed by atoms with van der Waals surface area (Å²) in [5.41, 5.74) is 15.8. The quantitative estimate of drug-likeness (QED) is 0.240. The van der Waals surface area contributed by atoms with Crippen molar-refractivity contribution in [3.05, 3.63) is 157 Å². The Morgan fingerprint density at radius 3 is 0.919 bits per heavy atom. The Hall–Kier alpha value is -4.68. The monoisotopic (exact) mass is 470 g/mol. The summed E-state index contributed by atoms with van der Waals surface area (Å²) in [6, 6.07) is 52.8. The molecule has 6 aromatic carbocycles. The van der Waals surface area contributed by atoms with Gasteiger partial charge in [-0.2, -0.15) is 0 Å². The molecule has 37 heavy (non-hydrogen) atoms. The first-order valence-electron chi connectivity index (χ1n) is 12.9. The first-order chi connectivity index (χ1) is 18.3. The SMILES string of the molecule is c1ccc(-c2cc(-c3ccccc3)c3c(c2)-c2cc(-c4ccccc4)cc(-c4ccccc4)c2C3)cc1. The minimum absolute atomic E-state index is 0.934. The molecule has 174 valence electrons. The maximum absolute atomic E-state index is 2.41. The van der Waals surface area contributed by atoms with Gasteiger partial charge in [0.15, 0.2) is 0 Å². The van der Waals surface area contributed by atoms with Gasteiger partial charge < -0.3 is 0 Å². The average Bonchev–Trinajstić information content (AvgIpc) is 3.36. The molecule has 0 amide bonds. The van der Waals surface area contributed by atoms with Crippen molar-refractivity contribution in [1.29, 1.82) is 0 Å². The van der Waals surface area contributed by atoms with Crippen LogP contribution in [-0.4, -0.2) is 0 Å². The van der Waals surface area contributed by atoms with Gasteiger partial charge in [-0.3, -0.25) is 0 Å². The molecule has 1 aliphatic carbocycles. The fraction of sp³-hybridized carbons (Fsp3) is 0.0270. The molecule has 0 fully saturated rings. The van der Waals surface area contributed by atoms with Crippen LogP contribution in [0, 0.1) is 0 Å². The molecule has 0 aliphatic heterocycles. The third-order valence-electron chi connectivity index (χ3n) is 7.53. The molecular weight excluding hydrogens is 444 g/mol. The second kappa shape index (κ2) is 9.08. The van der Waals surface area contributed by atoms with Crippen molar-refractivity contribution in [2.24, 2.45) is 0 Å². The summed E-state index contributed by atoms with van der Waals surface area (Å²) in [4.78, 5) is 0. The molecule has 0 bridgehead atoms. The smallest absolute Gasteiger partial charge is 0.000110 e. The zero-order valence-corrected chi connectivity index (χ0v) is 20.6. The van der Waals surface area contributed by atoms with Gasteiger partial charge in [0, 0.05) is 0 Å². The standard InChI is InChI=1S/C37H26/c1-5-13-26(14-6-1)30-21-32(28-17-9-3-10-18-28)36-25-37-33(29-19-11-4-12-20-29)22-31(24-35(37)34(36)23-30)27-15-7-2-8-16-27/h1-24H,25H2. The minimum atomic E-state index is 0.934. The minimum Gasteiger partial charge on any atom is -0.0622 e. The van der Waals surface area contributed by atoms with Crippen LogP contribution in [0.4, 0.5) is 0 Å². The highest BCUT2D eigenvalue weighted by Gasteiger charge is 2.27. The molecule has 0 heterocycles. The van der Waals surface area contributed by atoms with Crippen LogP contribution in [0.15, 0.2) is 146 Å². The number of hydrogen-bond donors (Lipinski definition) is 0. The molecule has 7 rings (SSSR count). The number of hydrogen-bond acceptors (Lipinski definition) is 0. The first kappa shape index (κ1) is 21.6. The zero-order valence-electron chi connectivity index (χ0n) is 20.6. The largest absolute Gasteiger partial charge is 0.0622 e. The summed E-state index contributed by atoms with van der Waals surface area (Å²) in [5, 5.41) is 0. The highest BCUT2D eigenvalue weighted by molar-refractivity contribution is 5.95. The maximum atomic E-state index is 2.41. The van der Waals surface area contributed by atoms with E-state index in [-0.39, 0.29) is 0 Å². The van der Waals surface area contributed by atoms with Gasteiger partial charge >= 0.3 is 0 Å². The van der Waals surface area contributed by atoms with E-state index in [1.165, 1.54) is 66.8 Å². The van der Waals surface area contributed by atoms with Gasteiger partial charge in [-0.1, -0.05) is 121 Å². The van der Waals surface area contributed by atoms with Crippen molar-refractivity contribution in [2.45, 2.75) is 6.42 Å². The molecule has 0 spiro atoms. The van der Waals surface area contributed by atoms with E-state index in [0.29, 0.717) is 0 Å². The Morgan fingerprint density at radius 1 is 0.270 bits per heavy atom. The van der Waals surface area contributed by atoms with Crippen molar-refractivity contribution >= 4 is 0 Å². The number of fused-ring (bicyclic) bond motifs is 3. The van der Waals surface area contributed by atoms with Gasteiger partial charge in [-0.05, 0) is 97.4 Å². The fourth-order valence-electron chi connectivity index (χ4n) is 5.73. The van der Waals surface area contributed by atoms with Crippen molar-refractivity contribution < 1.29 is 0 Å². The van der Waals surface area contributed by atoms with Crippen LogP contribution in [-0.2, 0) is 6.42 Å². The van der Waals surface area contributed by atoms with Crippen LogP contribution >= 0.6 is 0 Å². The van der Waals surface area contributed by atoms with Gasteiger partial charge in [-0.15, -0.1) is 0 Å². The van der Waals surface area contributed by atoms with Crippen LogP contribution in [0.5, 0.6) is 0 Å². The van der Waals surface area contributed by atoms with Crippen LogP contribution < -0.4 is 0 Å². The molecule has 0 unspecified atom stereocenters. The number of benzene rings is 6. The lowest BCUT2D eigenvalue weighted by Gasteiger charge is -2.14. The Kier molecular flexibility index (Phi) is 5.30. The normalized spacial score (nSPS) is 11.7. The second-order valence-electron chi connectivity index (χ2n) is 9.74. The molecular formula is C37H26. The molecule has 6 aromatic rings. The van der Waals surface area contributed by atoms with Crippen molar-refractivity contribution in [3.8, 4) is 55.6 Å². The average molecular weight is 471 g/mol. The molecule has 0 atom stereocenters. The summed E-state index contributed by atoms with van der Waals surface area (Å²) >= 11 is 0. The van der Waals surface area contributed by atoms with Gasteiger partial charge in [-0.25, -0.2) is 0 Å². The van der Waals surface area contributed by atoms with Crippen molar-refractivity contribution in [1.82, 2.24) is 0 Å². The maximum Gasteiger partial charge on any atom is -0.000110 e. The lowest BCUT2D eigenvalue weighted by molar-refractivity contribution is 1.26. The Morgan fingerprint density at radius 2 is 0.568 bits per heavy atom. The first-order valence-corrected chi connectivity index (χ1v) is 12.9. The molecule has 0 aromatic heterocycles. The van der Waals surface area contributed by atoms with Crippen LogP contribution in [0.25, 0.3) is 55.6 Å². The summed E-state index contributed by atoms with van der Waals surface area (Å²) in [6.45, 7) is 0. The summed E-state index contributed by atoms with van der Waals surface area (Å²) in [6.07, 6.45) is 0.934. The molecule has 0 radical (unpaired) electrons. The molecule has 0 saturated heterocycles. The lowest BCUT2D eigenvalue weighted by Crippen LogP contribution is -1.91. The van der Waals surface area contributed by atoms with Gasteiger partial charge in [0.25, 0.3) is 0 Å². The predicted octanol–water partition coefficient (Wildman–Crippen LogP) is 9.93. The Bertz CT molecular complexity index is 1570. The molecule has 0 saturated carbocycles. The third kappa shape index (κ3) is 3.88. The Labute approximate surface area is 218 Å². The number of rotatable bonds is 4. The van der Waals surface area contributed by atoms with E-state index in [2.05, 4.69) is 146 Å². The molecule has 0 N–H and O–H groups in total. The van der Waals surface area contributed by atoms with E-state index in [9.17, 15) is 0 Å². The Balaban J connectivity index is 1.52. The second-order valence-corrected chi connectivity index (χ2v) is 9.74.